The fourth-order valence-electron chi connectivity index (χ4n) is 4.22. The first kappa shape index (κ1) is 18.1. The largest absolute Gasteiger partial charge is 0.468 e. The summed E-state index contributed by atoms with van der Waals surface area (Å²) in [6.45, 7) is 6.04. The molecule has 0 radical (unpaired) electrons. The van der Waals surface area contributed by atoms with Gasteiger partial charge in [0, 0.05) is 12.1 Å². The zero-order chi connectivity index (χ0) is 18.9. The third-order valence-electron chi connectivity index (χ3n) is 5.96. The molecule has 1 aliphatic carbocycles. The first-order chi connectivity index (χ1) is 13.1. The van der Waals surface area contributed by atoms with Gasteiger partial charge in [0.15, 0.2) is 5.76 Å². The number of aromatic nitrogens is 1. The van der Waals surface area contributed by atoms with Crippen molar-refractivity contribution < 1.29 is 18.5 Å². The Morgan fingerprint density at radius 3 is 2.26 bits per heavy atom. The van der Waals surface area contributed by atoms with Gasteiger partial charge in [-0.15, -0.1) is 0 Å². The van der Waals surface area contributed by atoms with Gasteiger partial charge in [0.2, 0.25) is 0 Å². The molecule has 3 aromatic heterocycles. The summed E-state index contributed by atoms with van der Waals surface area (Å²) in [6.07, 6.45) is 5.38. The van der Waals surface area contributed by atoms with E-state index in [1.54, 1.807) is 12.5 Å². The topological polar surface area (TPSA) is 75.8 Å². The highest BCUT2D eigenvalue weighted by atomic mass is 16.5. The Kier molecular flexibility index (Phi) is 4.93. The van der Waals surface area contributed by atoms with Gasteiger partial charge in [-0.05, 0) is 48.4 Å². The molecule has 3 heterocycles. The SMILES string of the molecule is CC1(C)[C@H](Cc2cc(CO)on2)C[C@@H]1N(Cc1ccco1)Cc1ccco1. The van der Waals surface area contributed by atoms with E-state index in [9.17, 15) is 0 Å². The summed E-state index contributed by atoms with van der Waals surface area (Å²) >= 11 is 0. The molecule has 0 unspecified atom stereocenters. The quantitative estimate of drug-likeness (QED) is 0.646. The standard InChI is InChI=1S/C21H26N2O4/c1-21(2)15(9-16-11-19(14-24)27-22-16)10-20(21)23(12-17-5-3-7-25-17)13-18-6-4-8-26-18/h3-8,11,15,20,24H,9-10,12-14H2,1-2H3/t15-,20+/m1/s1. The second-order valence-electron chi connectivity index (χ2n) is 7.98. The molecule has 1 aliphatic rings. The Hall–Kier alpha value is -2.31. The van der Waals surface area contributed by atoms with Crippen molar-refractivity contribution in [2.45, 2.75) is 52.4 Å². The van der Waals surface area contributed by atoms with Crippen LogP contribution in [0.5, 0.6) is 0 Å². The number of hydrogen-bond donors (Lipinski definition) is 1. The Morgan fingerprint density at radius 1 is 1.11 bits per heavy atom. The fourth-order valence-corrected chi connectivity index (χ4v) is 4.22. The smallest absolute Gasteiger partial charge is 0.162 e. The molecule has 3 aromatic rings. The number of aliphatic hydroxyl groups is 1. The van der Waals surface area contributed by atoms with E-state index in [0.29, 0.717) is 17.7 Å². The number of aliphatic hydroxyl groups excluding tert-OH is 1. The molecule has 1 fully saturated rings. The molecule has 1 saturated carbocycles. The molecule has 6 heteroatoms. The third kappa shape index (κ3) is 3.73. The summed E-state index contributed by atoms with van der Waals surface area (Å²) in [5.74, 6) is 2.96. The maximum absolute atomic E-state index is 9.16. The molecular weight excluding hydrogens is 344 g/mol. The number of nitrogens with zero attached hydrogens (tertiary/aromatic N) is 2. The number of rotatable bonds is 8. The van der Waals surface area contributed by atoms with Gasteiger partial charge in [0.05, 0.1) is 31.3 Å². The van der Waals surface area contributed by atoms with Crippen molar-refractivity contribution in [3.05, 3.63) is 65.8 Å². The molecule has 0 aromatic carbocycles. The molecule has 0 spiro atoms. The zero-order valence-corrected chi connectivity index (χ0v) is 15.8. The van der Waals surface area contributed by atoms with Gasteiger partial charge in [-0.3, -0.25) is 4.90 Å². The predicted molar refractivity (Wildman–Crippen MR) is 98.5 cm³/mol. The van der Waals surface area contributed by atoms with E-state index in [0.717, 1.165) is 43.1 Å². The molecule has 1 N–H and O–H groups in total. The van der Waals surface area contributed by atoms with Gasteiger partial charge < -0.3 is 18.5 Å². The van der Waals surface area contributed by atoms with E-state index < -0.39 is 0 Å². The van der Waals surface area contributed by atoms with E-state index in [1.165, 1.54) is 0 Å². The van der Waals surface area contributed by atoms with Crippen LogP contribution in [0.4, 0.5) is 0 Å². The van der Waals surface area contributed by atoms with Crippen LogP contribution in [0.3, 0.4) is 0 Å². The molecule has 0 aliphatic heterocycles. The lowest BCUT2D eigenvalue weighted by Gasteiger charge is -2.56. The maximum Gasteiger partial charge on any atom is 0.162 e. The Balaban J connectivity index is 1.46. The van der Waals surface area contributed by atoms with Crippen molar-refractivity contribution in [1.82, 2.24) is 10.1 Å². The molecule has 0 amide bonds. The average Bonchev–Trinajstić information content (AvgIpc) is 3.40. The lowest BCUT2D eigenvalue weighted by atomic mass is 9.56. The van der Waals surface area contributed by atoms with Crippen molar-refractivity contribution in [2.24, 2.45) is 11.3 Å². The summed E-state index contributed by atoms with van der Waals surface area (Å²) in [5.41, 5.74) is 1.04. The normalized spacial score (nSPS) is 21.5. The fraction of sp³-hybridized carbons (Fsp3) is 0.476. The highest BCUT2D eigenvalue weighted by Crippen LogP contribution is 2.51. The van der Waals surface area contributed by atoms with Crippen molar-refractivity contribution >= 4 is 0 Å². The summed E-state index contributed by atoms with van der Waals surface area (Å²) < 4.78 is 16.3. The van der Waals surface area contributed by atoms with Gasteiger partial charge in [-0.1, -0.05) is 19.0 Å². The van der Waals surface area contributed by atoms with Crippen LogP contribution in [0.2, 0.25) is 0 Å². The molecule has 2 atom stereocenters. The summed E-state index contributed by atoms with van der Waals surface area (Å²) in [6, 6.07) is 10.2. The lowest BCUT2D eigenvalue weighted by molar-refractivity contribution is -0.0751. The summed E-state index contributed by atoms with van der Waals surface area (Å²) in [7, 11) is 0. The lowest BCUT2D eigenvalue weighted by Crippen LogP contribution is -2.58. The minimum atomic E-state index is -0.107. The van der Waals surface area contributed by atoms with Crippen molar-refractivity contribution in [3.8, 4) is 0 Å². The number of furan rings is 2. The Bertz CT molecular complexity index is 799. The molecule has 27 heavy (non-hydrogen) atoms. The first-order valence-corrected chi connectivity index (χ1v) is 9.40. The second-order valence-corrected chi connectivity index (χ2v) is 7.98. The Morgan fingerprint density at radius 2 is 1.78 bits per heavy atom. The van der Waals surface area contributed by atoms with Gasteiger partial charge in [0.1, 0.15) is 18.1 Å². The van der Waals surface area contributed by atoms with Gasteiger partial charge >= 0.3 is 0 Å². The van der Waals surface area contributed by atoms with Crippen molar-refractivity contribution in [1.29, 1.82) is 0 Å². The van der Waals surface area contributed by atoms with Crippen LogP contribution >= 0.6 is 0 Å². The molecule has 0 bridgehead atoms. The zero-order valence-electron chi connectivity index (χ0n) is 15.8. The molecule has 6 nitrogen and oxygen atoms in total. The Labute approximate surface area is 158 Å². The van der Waals surface area contributed by atoms with Crippen molar-refractivity contribution in [3.63, 3.8) is 0 Å². The molecule has 4 rings (SSSR count). The van der Waals surface area contributed by atoms with E-state index in [-0.39, 0.29) is 12.0 Å². The summed E-state index contributed by atoms with van der Waals surface area (Å²) in [4.78, 5) is 2.44. The van der Waals surface area contributed by atoms with Crippen LogP contribution in [0.25, 0.3) is 0 Å². The van der Waals surface area contributed by atoms with Gasteiger partial charge in [-0.25, -0.2) is 0 Å². The van der Waals surface area contributed by atoms with Crippen LogP contribution in [-0.4, -0.2) is 21.2 Å². The third-order valence-corrected chi connectivity index (χ3v) is 5.96. The highest BCUT2D eigenvalue weighted by Gasteiger charge is 2.50. The van der Waals surface area contributed by atoms with E-state index in [1.807, 2.05) is 30.3 Å². The van der Waals surface area contributed by atoms with Gasteiger partial charge in [0.25, 0.3) is 0 Å². The van der Waals surface area contributed by atoms with Crippen LogP contribution < -0.4 is 0 Å². The minimum Gasteiger partial charge on any atom is -0.468 e. The van der Waals surface area contributed by atoms with Crippen LogP contribution in [0, 0.1) is 11.3 Å². The average molecular weight is 370 g/mol. The predicted octanol–water partition coefficient (Wildman–Crippen LogP) is 4.01. The van der Waals surface area contributed by atoms with Gasteiger partial charge in [-0.2, -0.15) is 0 Å². The highest BCUT2D eigenvalue weighted by molar-refractivity contribution is 5.12. The molecule has 0 saturated heterocycles. The van der Waals surface area contributed by atoms with Crippen LogP contribution in [-0.2, 0) is 26.1 Å². The first-order valence-electron chi connectivity index (χ1n) is 9.40. The van der Waals surface area contributed by atoms with Crippen molar-refractivity contribution in [2.75, 3.05) is 0 Å². The van der Waals surface area contributed by atoms with Crippen LogP contribution in [0.15, 0.2) is 56.2 Å². The number of hydrogen-bond acceptors (Lipinski definition) is 6. The molecular formula is C21H26N2O4. The minimum absolute atomic E-state index is 0.107. The van der Waals surface area contributed by atoms with E-state index in [2.05, 4.69) is 23.9 Å². The second kappa shape index (κ2) is 7.37. The summed E-state index contributed by atoms with van der Waals surface area (Å²) in [5, 5.41) is 13.2. The van der Waals surface area contributed by atoms with Crippen LogP contribution in [0.1, 0.15) is 43.2 Å². The van der Waals surface area contributed by atoms with E-state index >= 15 is 0 Å². The maximum atomic E-state index is 9.16. The monoisotopic (exact) mass is 370 g/mol. The van der Waals surface area contributed by atoms with E-state index in [4.69, 9.17) is 18.5 Å². The molecule has 144 valence electrons.